The zero-order chi connectivity index (χ0) is 9.35. The van der Waals surface area contributed by atoms with Gasteiger partial charge in [-0.3, -0.25) is 0 Å². The van der Waals surface area contributed by atoms with E-state index in [9.17, 15) is 10.2 Å². The molecule has 1 aliphatic rings. The first-order chi connectivity index (χ1) is 5.55. The van der Waals surface area contributed by atoms with Crippen molar-refractivity contribution in [1.29, 1.82) is 0 Å². The maximum atomic E-state index is 9.50. The summed E-state index contributed by atoms with van der Waals surface area (Å²) in [6, 6.07) is 0. The van der Waals surface area contributed by atoms with Crippen LogP contribution in [-0.2, 0) is 4.74 Å². The maximum absolute atomic E-state index is 9.50. The number of hydrogen-bond acceptors (Lipinski definition) is 5. The molecule has 0 aromatic heterocycles. The third-order valence-corrected chi connectivity index (χ3v) is 2.37. The van der Waals surface area contributed by atoms with Gasteiger partial charge in [-0.15, -0.1) is 0 Å². The maximum Gasteiger partial charge on any atom is 0.194 e. The summed E-state index contributed by atoms with van der Waals surface area (Å²) in [6.45, 7) is 0.603. The van der Waals surface area contributed by atoms with E-state index >= 15 is 0 Å². The monoisotopic (exact) mass is 178 g/mol. The minimum absolute atomic E-state index is 0.367. The van der Waals surface area contributed by atoms with Crippen molar-refractivity contribution in [1.82, 2.24) is 0 Å². The van der Waals surface area contributed by atoms with Gasteiger partial charge >= 0.3 is 0 Å². The average molecular weight is 178 g/mol. The van der Waals surface area contributed by atoms with E-state index in [1.807, 2.05) is 0 Å². The van der Waals surface area contributed by atoms with Gasteiger partial charge in [-0.05, 0) is 0 Å². The van der Waals surface area contributed by atoms with Gasteiger partial charge in [-0.1, -0.05) is 6.92 Å². The summed E-state index contributed by atoms with van der Waals surface area (Å²) >= 11 is 0. The molecule has 5 nitrogen and oxygen atoms in total. The molecule has 0 bridgehead atoms. The standard InChI is InChI=1S/C7H14O5/c1-4-6(10)5(2-8)12-7(4,11)3-9/h4-6,8-11H,2-3H2,1H3/t4-,5+,6-,7+/m0/s1. The Morgan fingerprint density at radius 1 is 1.42 bits per heavy atom. The Bertz CT molecular complexity index is 162. The van der Waals surface area contributed by atoms with Crippen molar-refractivity contribution >= 4 is 0 Å². The van der Waals surface area contributed by atoms with Crippen molar-refractivity contribution in [3.8, 4) is 0 Å². The SMILES string of the molecule is C[C@H]1[C@H](O)[C@@H](CO)O[C@]1(O)CO. The average Bonchev–Trinajstić information content (AvgIpc) is 2.31. The molecule has 0 aliphatic carbocycles. The van der Waals surface area contributed by atoms with Gasteiger partial charge in [0.1, 0.15) is 6.10 Å². The van der Waals surface area contributed by atoms with Crippen LogP contribution in [0, 0.1) is 5.92 Å². The summed E-state index contributed by atoms with van der Waals surface area (Å²) in [4.78, 5) is 0. The number of aliphatic hydroxyl groups is 4. The van der Waals surface area contributed by atoms with Gasteiger partial charge < -0.3 is 25.2 Å². The fraction of sp³-hybridized carbons (Fsp3) is 1.00. The third-order valence-electron chi connectivity index (χ3n) is 2.37. The highest BCUT2D eigenvalue weighted by atomic mass is 16.7. The quantitative estimate of drug-likeness (QED) is 0.395. The van der Waals surface area contributed by atoms with E-state index in [0.717, 1.165) is 0 Å². The molecule has 0 aromatic rings. The van der Waals surface area contributed by atoms with Crippen LogP contribution in [0.5, 0.6) is 0 Å². The molecule has 1 fully saturated rings. The van der Waals surface area contributed by atoms with Crippen molar-refractivity contribution in [3.05, 3.63) is 0 Å². The summed E-state index contributed by atoms with van der Waals surface area (Å²) in [5.74, 6) is -2.31. The molecule has 1 rings (SSSR count). The lowest BCUT2D eigenvalue weighted by Crippen LogP contribution is -2.40. The Morgan fingerprint density at radius 2 is 2.00 bits per heavy atom. The van der Waals surface area contributed by atoms with E-state index < -0.39 is 30.5 Å². The van der Waals surface area contributed by atoms with Crippen molar-refractivity contribution in [2.45, 2.75) is 24.9 Å². The molecule has 1 aliphatic heterocycles. The smallest absolute Gasteiger partial charge is 0.194 e. The highest BCUT2D eigenvalue weighted by Gasteiger charge is 2.50. The van der Waals surface area contributed by atoms with Gasteiger partial charge in [0.05, 0.1) is 19.3 Å². The lowest BCUT2D eigenvalue weighted by Gasteiger charge is -2.23. The van der Waals surface area contributed by atoms with E-state index in [-0.39, 0.29) is 6.61 Å². The van der Waals surface area contributed by atoms with Gasteiger partial charge in [-0.25, -0.2) is 0 Å². The second-order valence-corrected chi connectivity index (χ2v) is 3.12. The molecule has 5 heteroatoms. The molecular formula is C7H14O5. The zero-order valence-corrected chi connectivity index (χ0v) is 6.84. The molecule has 1 heterocycles. The van der Waals surface area contributed by atoms with Crippen LogP contribution in [0.15, 0.2) is 0 Å². The molecular weight excluding hydrogens is 164 g/mol. The van der Waals surface area contributed by atoms with Crippen molar-refractivity contribution in [2.24, 2.45) is 5.92 Å². The summed E-state index contributed by atoms with van der Waals surface area (Å²) in [5.41, 5.74) is 0. The lowest BCUT2D eigenvalue weighted by atomic mass is 9.96. The molecule has 12 heavy (non-hydrogen) atoms. The van der Waals surface area contributed by atoms with E-state index in [4.69, 9.17) is 14.9 Å². The number of rotatable bonds is 2. The van der Waals surface area contributed by atoms with Crippen LogP contribution in [0.4, 0.5) is 0 Å². The molecule has 1 saturated heterocycles. The summed E-state index contributed by atoms with van der Waals surface area (Å²) < 4.78 is 4.88. The zero-order valence-electron chi connectivity index (χ0n) is 6.84. The van der Waals surface area contributed by atoms with E-state index in [1.165, 1.54) is 0 Å². The Labute approximate surface area is 70.2 Å². The number of hydrogen-bond donors (Lipinski definition) is 4. The van der Waals surface area contributed by atoms with Gasteiger partial charge in [0.25, 0.3) is 0 Å². The van der Waals surface area contributed by atoms with Crippen LogP contribution < -0.4 is 0 Å². The predicted octanol–water partition coefficient (Wildman–Crippen LogP) is -1.94. The molecule has 0 radical (unpaired) electrons. The third kappa shape index (κ3) is 1.34. The minimum atomic E-state index is -1.72. The van der Waals surface area contributed by atoms with Crippen LogP contribution in [-0.4, -0.2) is 51.6 Å². The highest BCUT2D eigenvalue weighted by Crippen LogP contribution is 2.33. The van der Waals surface area contributed by atoms with Gasteiger partial charge in [0, 0.05) is 5.92 Å². The molecule has 0 spiro atoms. The van der Waals surface area contributed by atoms with Gasteiger partial charge in [0.2, 0.25) is 0 Å². The molecule has 0 saturated carbocycles. The van der Waals surface area contributed by atoms with Gasteiger partial charge in [-0.2, -0.15) is 0 Å². The van der Waals surface area contributed by atoms with Crippen molar-refractivity contribution < 1.29 is 25.2 Å². The molecule has 4 N–H and O–H groups in total. The predicted molar refractivity (Wildman–Crippen MR) is 39.2 cm³/mol. The normalized spacial score (nSPS) is 48.2. The molecule has 0 aromatic carbocycles. The summed E-state index contributed by atoms with van der Waals surface area (Å²) in [6.07, 6.45) is -1.75. The largest absolute Gasteiger partial charge is 0.394 e. The molecule has 0 amide bonds. The van der Waals surface area contributed by atoms with Crippen molar-refractivity contribution in [2.75, 3.05) is 13.2 Å². The molecule has 0 unspecified atom stereocenters. The Hall–Kier alpha value is -0.200. The van der Waals surface area contributed by atoms with Gasteiger partial charge in [0.15, 0.2) is 5.79 Å². The first-order valence-corrected chi connectivity index (χ1v) is 3.85. The molecule has 72 valence electrons. The lowest BCUT2D eigenvalue weighted by molar-refractivity contribution is -0.232. The minimum Gasteiger partial charge on any atom is -0.394 e. The highest BCUT2D eigenvalue weighted by molar-refractivity contribution is 4.92. The second kappa shape index (κ2) is 3.27. The second-order valence-electron chi connectivity index (χ2n) is 3.12. The van der Waals surface area contributed by atoms with E-state index in [2.05, 4.69) is 0 Å². The van der Waals surface area contributed by atoms with E-state index in [1.54, 1.807) is 6.92 Å². The topological polar surface area (TPSA) is 90.2 Å². The van der Waals surface area contributed by atoms with Crippen LogP contribution >= 0.6 is 0 Å². The first kappa shape index (κ1) is 9.88. The molecule has 4 atom stereocenters. The Kier molecular flexibility index (Phi) is 2.70. The fourth-order valence-electron chi connectivity index (χ4n) is 1.35. The summed E-state index contributed by atoms with van der Waals surface area (Å²) in [7, 11) is 0. The number of ether oxygens (including phenoxy) is 1. The fourth-order valence-corrected chi connectivity index (χ4v) is 1.35. The Morgan fingerprint density at radius 3 is 2.25 bits per heavy atom. The van der Waals surface area contributed by atoms with Crippen molar-refractivity contribution in [3.63, 3.8) is 0 Å². The van der Waals surface area contributed by atoms with Crippen LogP contribution in [0.1, 0.15) is 6.92 Å². The Balaban J connectivity index is 2.72. The summed E-state index contributed by atoms with van der Waals surface area (Å²) in [5, 5.41) is 36.3. The first-order valence-electron chi connectivity index (χ1n) is 3.85. The van der Waals surface area contributed by atoms with Crippen LogP contribution in [0.25, 0.3) is 0 Å². The number of aliphatic hydroxyl groups excluding tert-OH is 3. The van der Waals surface area contributed by atoms with Crippen LogP contribution in [0.2, 0.25) is 0 Å². The van der Waals surface area contributed by atoms with Crippen LogP contribution in [0.3, 0.4) is 0 Å². The van der Waals surface area contributed by atoms with E-state index in [0.29, 0.717) is 0 Å².